The molecule has 0 aliphatic carbocycles. The third-order valence-corrected chi connectivity index (χ3v) is 6.96. The molecule has 1 N–H and O–H groups in total. The molecule has 0 saturated heterocycles. The number of amides is 2. The van der Waals surface area contributed by atoms with Gasteiger partial charge in [-0.05, 0) is 48.7 Å². The maximum absolute atomic E-state index is 14.6. The molecular weight excluding hydrogens is 522 g/mol. The van der Waals surface area contributed by atoms with Crippen molar-refractivity contribution in [2.75, 3.05) is 0 Å². The summed E-state index contributed by atoms with van der Waals surface area (Å²) < 4.78 is 14.6. The number of hydrogen-bond donors (Lipinski definition) is 1. The monoisotopic (exact) mass is 548 g/mol. The molecule has 0 aromatic heterocycles. The van der Waals surface area contributed by atoms with Crippen molar-refractivity contribution in [2.45, 2.75) is 51.7 Å². The summed E-state index contributed by atoms with van der Waals surface area (Å²) in [6, 6.07) is 17.7. The lowest BCUT2D eigenvalue weighted by molar-refractivity contribution is -0.141. The fraction of sp³-hybridized carbons (Fsp3) is 0.286. The summed E-state index contributed by atoms with van der Waals surface area (Å²) in [6.45, 7) is 3.90. The molecule has 2 amide bonds. The van der Waals surface area contributed by atoms with Gasteiger partial charge in [-0.1, -0.05) is 84.2 Å². The third-order valence-electron chi connectivity index (χ3n) is 6.02. The maximum atomic E-state index is 14.6. The number of halogens is 4. The van der Waals surface area contributed by atoms with Crippen LogP contribution in [-0.2, 0) is 29.0 Å². The van der Waals surface area contributed by atoms with Crippen LogP contribution in [0.2, 0.25) is 15.1 Å². The van der Waals surface area contributed by atoms with Crippen molar-refractivity contribution in [3.63, 3.8) is 0 Å². The van der Waals surface area contributed by atoms with Crippen molar-refractivity contribution in [3.05, 3.63) is 104 Å². The topological polar surface area (TPSA) is 49.4 Å². The first-order chi connectivity index (χ1) is 17.2. The molecule has 2 unspecified atom stereocenters. The van der Waals surface area contributed by atoms with Gasteiger partial charge in [-0.25, -0.2) is 4.39 Å². The molecule has 0 saturated carbocycles. The van der Waals surface area contributed by atoms with E-state index >= 15 is 0 Å². The normalized spacial score (nSPS) is 12.6. The van der Waals surface area contributed by atoms with E-state index in [0.29, 0.717) is 15.6 Å². The molecule has 36 heavy (non-hydrogen) atoms. The molecule has 0 aliphatic heterocycles. The van der Waals surface area contributed by atoms with Crippen LogP contribution in [0.25, 0.3) is 0 Å². The summed E-state index contributed by atoms with van der Waals surface area (Å²) in [7, 11) is 0. The largest absolute Gasteiger partial charge is 0.352 e. The highest BCUT2D eigenvalue weighted by atomic mass is 35.5. The molecule has 0 fully saturated rings. The van der Waals surface area contributed by atoms with Crippen LogP contribution in [0.1, 0.15) is 37.0 Å². The van der Waals surface area contributed by atoms with Gasteiger partial charge >= 0.3 is 0 Å². The fourth-order valence-corrected chi connectivity index (χ4v) is 4.48. The molecule has 3 rings (SSSR count). The van der Waals surface area contributed by atoms with Gasteiger partial charge < -0.3 is 10.2 Å². The number of benzene rings is 3. The van der Waals surface area contributed by atoms with Crippen LogP contribution < -0.4 is 5.32 Å². The second kappa shape index (κ2) is 13.1. The molecule has 8 heteroatoms. The van der Waals surface area contributed by atoms with Crippen molar-refractivity contribution in [3.8, 4) is 0 Å². The first kappa shape index (κ1) is 28.0. The Balaban J connectivity index is 2.04. The minimum absolute atomic E-state index is 0.0341. The van der Waals surface area contributed by atoms with Crippen LogP contribution in [0.5, 0.6) is 0 Å². The second-order valence-corrected chi connectivity index (χ2v) is 9.91. The Hall–Kier alpha value is -2.60. The Labute approximate surface area is 226 Å². The number of hydrogen-bond acceptors (Lipinski definition) is 2. The molecule has 0 aliphatic rings. The van der Waals surface area contributed by atoms with Crippen molar-refractivity contribution in [2.24, 2.45) is 0 Å². The van der Waals surface area contributed by atoms with Gasteiger partial charge in [0.1, 0.15) is 11.9 Å². The van der Waals surface area contributed by atoms with Gasteiger partial charge in [-0.3, -0.25) is 9.59 Å². The van der Waals surface area contributed by atoms with E-state index in [0.717, 1.165) is 12.0 Å². The lowest BCUT2D eigenvalue weighted by Crippen LogP contribution is -2.52. The van der Waals surface area contributed by atoms with Gasteiger partial charge in [0.2, 0.25) is 11.8 Å². The standard InChI is InChI=1S/C28H28Cl3FN2O2/c1-3-18(2)33-28(36)26(14-19-8-5-4-6-9-19)34(17-20-12-13-21(29)15-24(20)31)27(35)16-22-23(30)10-7-11-25(22)32/h4-13,15,18,26H,3,14,16-17H2,1-2H3,(H,33,36). The van der Waals surface area contributed by atoms with Crippen molar-refractivity contribution in [1.29, 1.82) is 0 Å². The van der Waals surface area contributed by atoms with Gasteiger partial charge in [0, 0.05) is 39.6 Å². The Morgan fingerprint density at radius 1 is 0.972 bits per heavy atom. The minimum atomic E-state index is -0.869. The zero-order valence-corrected chi connectivity index (χ0v) is 22.4. The van der Waals surface area contributed by atoms with E-state index in [-0.39, 0.29) is 41.9 Å². The summed E-state index contributed by atoms with van der Waals surface area (Å²) in [5.74, 6) is -1.33. The van der Waals surface area contributed by atoms with Crippen LogP contribution in [0, 0.1) is 5.82 Å². The first-order valence-electron chi connectivity index (χ1n) is 11.7. The zero-order valence-electron chi connectivity index (χ0n) is 20.1. The molecule has 0 radical (unpaired) electrons. The van der Waals surface area contributed by atoms with Gasteiger partial charge in [0.25, 0.3) is 0 Å². The molecule has 0 heterocycles. The average Bonchev–Trinajstić information content (AvgIpc) is 2.85. The van der Waals surface area contributed by atoms with E-state index in [1.807, 2.05) is 44.2 Å². The average molecular weight is 550 g/mol. The number of carbonyl (C=O) groups is 2. The van der Waals surface area contributed by atoms with E-state index in [1.165, 1.54) is 23.1 Å². The molecule has 4 nitrogen and oxygen atoms in total. The molecule has 3 aromatic rings. The van der Waals surface area contributed by atoms with Gasteiger partial charge in [0.05, 0.1) is 6.42 Å². The predicted octanol–water partition coefficient (Wildman–Crippen LogP) is 6.88. The lowest BCUT2D eigenvalue weighted by Gasteiger charge is -2.32. The Morgan fingerprint density at radius 2 is 1.69 bits per heavy atom. The van der Waals surface area contributed by atoms with Gasteiger partial charge in [-0.2, -0.15) is 0 Å². The first-order valence-corrected chi connectivity index (χ1v) is 12.8. The zero-order chi connectivity index (χ0) is 26.2. The Kier molecular flexibility index (Phi) is 10.2. The number of rotatable bonds is 10. The van der Waals surface area contributed by atoms with Crippen LogP contribution >= 0.6 is 34.8 Å². The number of nitrogens with one attached hydrogen (secondary N) is 1. The van der Waals surface area contributed by atoms with Crippen molar-refractivity contribution < 1.29 is 14.0 Å². The van der Waals surface area contributed by atoms with Crippen molar-refractivity contribution in [1.82, 2.24) is 10.2 Å². The van der Waals surface area contributed by atoms with E-state index in [4.69, 9.17) is 34.8 Å². The van der Waals surface area contributed by atoms with Crippen LogP contribution in [0.4, 0.5) is 4.39 Å². The molecule has 0 bridgehead atoms. The van der Waals surface area contributed by atoms with Crippen LogP contribution in [0.15, 0.2) is 66.7 Å². The van der Waals surface area contributed by atoms with Gasteiger partial charge in [0.15, 0.2) is 0 Å². The SMILES string of the molecule is CCC(C)NC(=O)C(Cc1ccccc1)N(Cc1ccc(Cl)cc1Cl)C(=O)Cc1c(F)cccc1Cl. The van der Waals surface area contributed by atoms with Crippen LogP contribution in [0.3, 0.4) is 0 Å². The summed E-state index contributed by atoms with van der Waals surface area (Å²) in [5.41, 5.74) is 1.58. The van der Waals surface area contributed by atoms with Crippen LogP contribution in [-0.4, -0.2) is 28.8 Å². The second-order valence-electron chi connectivity index (χ2n) is 8.66. The molecule has 190 valence electrons. The number of carbonyl (C=O) groups excluding carboxylic acids is 2. The smallest absolute Gasteiger partial charge is 0.243 e. The minimum Gasteiger partial charge on any atom is -0.352 e. The highest BCUT2D eigenvalue weighted by Gasteiger charge is 2.32. The summed E-state index contributed by atoms with van der Waals surface area (Å²) >= 11 is 18.7. The van der Waals surface area contributed by atoms with Crippen molar-refractivity contribution >= 4 is 46.6 Å². The highest BCUT2D eigenvalue weighted by Crippen LogP contribution is 2.26. The lowest BCUT2D eigenvalue weighted by atomic mass is 10.0. The Morgan fingerprint density at radius 3 is 2.33 bits per heavy atom. The molecule has 2 atom stereocenters. The molecule has 0 spiro atoms. The van der Waals surface area contributed by atoms with E-state index in [2.05, 4.69) is 5.32 Å². The maximum Gasteiger partial charge on any atom is 0.243 e. The quantitative estimate of drug-likeness (QED) is 0.300. The Bertz CT molecular complexity index is 1190. The molecular formula is C28H28Cl3FN2O2. The summed E-state index contributed by atoms with van der Waals surface area (Å²) in [4.78, 5) is 28.7. The van der Waals surface area contributed by atoms with E-state index < -0.39 is 17.8 Å². The van der Waals surface area contributed by atoms with E-state index in [1.54, 1.807) is 18.2 Å². The molecule has 3 aromatic carbocycles. The number of nitrogens with zero attached hydrogens (tertiary/aromatic N) is 1. The predicted molar refractivity (Wildman–Crippen MR) is 144 cm³/mol. The van der Waals surface area contributed by atoms with Gasteiger partial charge in [-0.15, -0.1) is 0 Å². The summed E-state index contributed by atoms with van der Waals surface area (Å²) in [6.07, 6.45) is 0.690. The summed E-state index contributed by atoms with van der Waals surface area (Å²) in [5, 5.41) is 3.96. The fourth-order valence-electron chi connectivity index (χ4n) is 3.78. The third kappa shape index (κ3) is 7.45. The van der Waals surface area contributed by atoms with E-state index in [9.17, 15) is 14.0 Å². The highest BCUT2D eigenvalue weighted by molar-refractivity contribution is 6.35.